The molecule has 1 aromatic heterocycles. The molecule has 0 unspecified atom stereocenters. The zero-order valence-electron chi connectivity index (χ0n) is 7.62. The maximum absolute atomic E-state index is 13.6. The summed E-state index contributed by atoms with van der Waals surface area (Å²) in [7, 11) is 0. The number of nitrogens with zero attached hydrogens (tertiary/aromatic N) is 2. The maximum atomic E-state index is 13.6. The highest BCUT2D eigenvalue weighted by molar-refractivity contribution is 9.10. The minimum absolute atomic E-state index is 0.275. The van der Waals surface area contributed by atoms with E-state index in [0.29, 0.717) is 11.0 Å². The normalized spacial score (nSPS) is 10.6. The van der Waals surface area contributed by atoms with Gasteiger partial charge in [-0.05, 0) is 18.2 Å². The molecule has 2 rings (SSSR count). The van der Waals surface area contributed by atoms with E-state index < -0.39 is 0 Å². The van der Waals surface area contributed by atoms with E-state index in [1.807, 2.05) is 0 Å². The Balaban J connectivity index is 2.44. The highest BCUT2D eigenvalue weighted by Crippen LogP contribution is 2.19. The Morgan fingerprint density at radius 3 is 2.80 bits per heavy atom. The molecular formula is C10H7Br2FN2. The number of rotatable bonds is 2. The smallest absolute Gasteiger partial charge is 0.148 e. The van der Waals surface area contributed by atoms with Crippen molar-refractivity contribution in [1.29, 1.82) is 0 Å². The Labute approximate surface area is 103 Å². The molecule has 0 spiro atoms. The molecule has 0 bridgehead atoms. The van der Waals surface area contributed by atoms with Crippen molar-refractivity contribution in [2.45, 2.75) is 5.33 Å². The van der Waals surface area contributed by atoms with Gasteiger partial charge in [-0.25, -0.2) is 9.37 Å². The third-order valence-electron chi connectivity index (χ3n) is 1.96. The molecule has 5 heteroatoms. The lowest BCUT2D eigenvalue weighted by Crippen LogP contribution is -1.94. The topological polar surface area (TPSA) is 17.8 Å². The lowest BCUT2D eigenvalue weighted by molar-refractivity contribution is 0.617. The predicted molar refractivity (Wildman–Crippen MR) is 63.9 cm³/mol. The molecule has 78 valence electrons. The average Bonchev–Trinajstić information content (AvgIpc) is 2.66. The summed E-state index contributed by atoms with van der Waals surface area (Å²) in [5.41, 5.74) is 1.37. The number of alkyl halides is 1. The van der Waals surface area contributed by atoms with E-state index in [1.54, 1.807) is 29.2 Å². The number of aromatic nitrogens is 2. The molecule has 0 fully saturated rings. The molecule has 0 saturated heterocycles. The Hall–Kier alpha value is -0.680. The molecule has 2 aromatic rings. The van der Waals surface area contributed by atoms with Crippen LogP contribution in [0.3, 0.4) is 0 Å². The molecule has 0 atom stereocenters. The van der Waals surface area contributed by atoms with Gasteiger partial charge in [0.25, 0.3) is 0 Å². The van der Waals surface area contributed by atoms with Gasteiger partial charge in [-0.1, -0.05) is 31.9 Å². The first-order valence-corrected chi connectivity index (χ1v) is 6.16. The second-order valence-electron chi connectivity index (χ2n) is 3.00. The quantitative estimate of drug-likeness (QED) is 0.767. The van der Waals surface area contributed by atoms with Gasteiger partial charge >= 0.3 is 0 Å². The van der Waals surface area contributed by atoms with Crippen LogP contribution in [-0.4, -0.2) is 9.55 Å². The molecule has 0 aliphatic carbocycles. The van der Waals surface area contributed by atoms with Crippen molar-refractivity contribution in [3.8, 4) is 5.69 Å². The first kappa shape index (κ1) is 10.8. The van der Waals surface area contributed by atoms with Gasteiger partial charge < -0.3 is 4.57 Å². The van der Waals surface area contributed by atoms with Gasteiger partial charge in [0.2, 0.25) is 0 Å². The van der Waals surface area contributed by atoms with E-state index >= 15 is 0 Å². The summed E-state index contributed by atoms with van der Waals surface area (Å²) in [6.07, 6.45) is 3.39. The fourth-order valence-corrected chi connectivity index (χ4v) is 1.88. The minimum Gasteiger partial charge on any atom is -0.303 e. The summed E-state index contributed by atoms with van der Waals surface area (Å²) < 4.78 is 16.0. The van der Waals surface area contributed by atoms with Gasteiger partial charge in [0, 0.05) is 16.0 Å². The first-order chi connectivity index (χ1) is 7.20. The van der Waals surface area contributed by atoms with Crippen LogP contribution in [-0.2, 0) is 5.33 Å². The van der Waals surface area contributed by atoms with Crippen molar-refractivity contribution in [1.82, 2.24) is 9.55 Å². The van der Waals surface area contributed by atoms with Crippen LogP contribution < -0.4 is 0 Å². The van der Waals surface area contributed by atoms with Crippen molar-refractivity contribution < 1.29 is 4.39 Å². The van der Waals surface area contributed by atoms with Crippen LogP contribution in [0.4, 0.5) is 4.39 Å². The summed E-state index contributed by atoms with van der Waals surface area (Å²) in [5.74, 6) is -0.275. The third kappa shape index (κ3) is 2.29. The van der Waals surface area contributed by atoms with Crippen LogP contribution in [0.1, 0.15) is 5.69 Å². The molecule has 15 heavy (non-hydrogen) atoms. The molecular weight excluding hydrogens is 327 g/mol. The largest absolute Gasteiger partial charge is 0.303 e. The molecule has 0 N–H and O–H groups in total. The van der Waals surface area contributed by atoms with Crippen molar-refractivity contribution in [3.63, 3.8) is 0 Å². The SMILES string of the molecule is Fc1cc(Br)ccc1-n1cnc(CBr)c1. The summed E-state index contributed by atoms with van der Waals surface area (Å²) in [6.45, 7) is 0. The van der Waals surface area contributed by atoms with E-state index in [9.17, 15) is 4.39 Å². The van der Waals surface area contributed by atoms with E-state index in [-0.39, 0.29) is 5.82 Å². The molecule has 1 aromatic carbocycles. The molecule has 2 nitrogen and oxygen atoms in total. The van der Waals surface area contributed by atoms with E-state index in [2.05, 4.69) is 36.8 Å². The van der Waals surface area contributed by atoms with E-state index in [4.69, 9.17) is 0 Å². The highest BCUT2D eigenvalue weighted by Gasteiger charge is 2.05. The molecule has 0 saturated carbocycles. The number of benzene rings is 1. The lowest BCUT2D eigenvalue weighted by Gasteiger charge is -2.03. The molecule has 0 aliphatic rings. The van der Waals surface area contributed by atoms with Crippen LogP contribution in [0.15, 0.2) is 35.2 Å². The predicted octanol–water partition coefficient (Wildman–Crippen LogP) is 3.67. The summed E-state index contributed by atoms with van der Waals surface area (Å²) in [4.78, 5) is 4.11. The highest BCUT2D eigenvalue weighted by atomic mass is 79.9. The summed E-state index contributed by atoms with van der Waals surface area (Å²) in [5, 5.41) is 0.665. The van der Waals surface area contributed by atoms with Crippen molar-refractivity contribution >= 4 is 31.9 Å². The second kappa shape index (κ2) is 4.45. The Bertz CT molecular complexity index is 482. The Morgan fingerprint density at radius 1 is 1.40 bits per heavy atom. The zero-order valence-corrected chi connectivity index (χ0v) is 10.8. The van der Waals surface area contributed by atoms with Gasteiger partial charge in [0.15, 0.2) is 0 Å². The van der Waals surface area contributed by atoms with Gasteiger partial charge in [0.1, 0.15) is 5.82 Å². The Morgan fingerprint density at radius 2 is 2.20 bits per heavy atom. The van der Waals surface area contributed by atoms with Gasteiger partial charge in [-0.2, -0.15) is 0 Å². The van der Waals surface area contributed by atoms with Gasteiger partial charge in [-0.15, -0.1) is 0 Å². The summed E-state index contributed by atoms with van der Waals surface area (Å²) in [6, 6.07) is 4.94. The van der Waals surface area contributed by atoms with E-state index in [0.717, 1.165) is 10.2 Å². The average molecular weight is 334 g/mol. The minimum atomic E-state index is -0.275. The Kier molecular flexibility index (Phi) is 3.21. The third-order valence-corrected chi connectivity index (χ3v) is 3.03. The fourth-order valence-electron chi connectivity index (χ4n) is 1.25. The lowest BCUT2D eigenvalue weighted by atomic mass is 10.3. The number of halogens is 3. The van der Waals surface area contributed by atoms with Crippen LogP contribution in [0, 0.1) is 5.82 Å². The monoisotopic (exact) mass is 332 g/mol. The van der Waals surface area contributed by atoms with Crippen molar-refractivity contribution in [2.75, 3.05) is 0 Å². The van der Waals surface area contributed by atoms with E-state index in [1.165, 1.54) is 6.07 Å². The van der Waals surface area contributed by atoms with Crippen LogP contribution in [0.5, 0.6) is 0 Å². The molecule has 0 amide bonds. The van der Waals surface area contributed by atoms with Gasteiger partial charge in [-0.3, -0.25) is 0 Å². The molecule has 0 radical (unpaired) electrons. The maximum Gasteiger partial charge on any atom is 0.148 e. The zero-order chi connectivity index (χ0) is 10.8. The number of imidazole rings is 1. The van der Waals surface area contributed by atoms with Crippen LogP contribution >= 0.6 is 31.9 Å². The van der Waals surface area contributed by atoms with Crippen LogP contribution in [0.25, 0.3) is 5.69 Å². The standard InChI is InChI=1S/C10H7Br2FN2/c11-4-8-5-15(6-14-8)10-2-1-7(12)3-9(10)13/h1-3,5-6H,4H2. The molecule has 1 heterocycles. The first-order valence-electron chi connectivity index (χ1n) is 4.25. The number of hydrogen-bond donors (Lipinski definition) is 0. The fraction of sp³-hybridized carbons (Fsp3) is 0.100. The van der Waals surface area contributed by atoms with Crippen molar-refractivity contribution in [2.24, 2.45) is 0 Å². The molecule has 0 aliphatic heterocycles. The van der Waals surface area contributed by atoms with Gasteiger partial charge in [0.05, 0.1) is 17.7 Å². The number of hydrogen-bond acceptors (Lipinski definition) is 1. The summed E-state index contributed by atoms with van der Waals surface area (Å²) >= 11 is 6.51. The van der Waals surface area contributed by atoms with Crippen LogP contribution in [0.2, 0.25) is 0 Å². The second-order valence-corrected chi connectivity index (χ2v) is 4.48. The van der Waals surface area contributed by atoms with Crippen molar-refractivity contribution in [3.05, 3.63) is 46.7 Å².